The van der Waals surface area contributed by atoms with Crippen LogP contribution in [0, 0.1) is 6.92 Å². The second kappa shape index (κ2) is 7.96. The zero-order valence-electron chi connectivity index (χ0n) is 15.3. The molecule has 0 unspecified atom stereocenters. The Balaban J connectivity index is 1.26. The lowest BCUT2D eigenvalue weighted by molar-refractivity contribution is -0.145. The molecule has 4 aromatic rings. The first kappa shape index (κ1) is 17.8. The average molecular weight is 378 g/mol. The fraction of sp³-hybridized carbons (Fsp3) is 0.190. The summed E-state index contributed by atoms with van der Waals surface area (Å²) >= 11 is 0. The third-order valence-electron chi connectivity index (χ3n) is 4.14. The minimum atomic E-state index is -0.363. The van der Waals surface area contributed by atoms with Crippen molar-refractivity contribution >= 4 is 5.97 Å². The van der Waals surface area contributed by atoms with Crippen LogP contribution in [-0.4, -0.2) is 16.1 Å². The molecule has 0 radical (unpaired) electrons. The molecular formula is C21H18N2O5. The zero-order valence-corrected chi connectivity index (χ0v) is 15.3. The minimum absolute atomic E-state index is 0.0310. The van der Waals surface area contributed by atoms with E-state index in [9.17, 15) is 4.79 Å². The van der Waals surface area contributed by atoms with Gasteiger partial charge in [-0.25, -0.2) is 4.98 Å². The SMILES string of the molecule is Cc1ccc(-c2cnc(CCC(=O)OCc3cc(-c4ccco4)on3)o2)cc1. The molecule has 3 heterocycles. The number of carbonyl (C=O) groups excluding carboxylic acids is 1. The molecule has 0 aliphatic rings. The maximum absolute atomic E-state index is 12.0. The van der Waals surface area contributed by atoms with Gasteiger partial charge in [0.25, 0.3) is 0 Å². The molecule has 0 aliphatic heterocycles. The first-order valence-corrected chi connectivity index (χ1v) is 8.84. The van der Waals surface area contributed by atoms with E-state index in [1.807, 2.05) is 31.2 Å². The number of carbonyl (C=O) groups is 1. The summed E-state index contributed by atoms with van der Waals surface area (Å²) in [5.41, 5.74) is 2.64. The number of aromatic nitrogens is 2. The van der Waals surface area contributed by atoms with Crippen LogP contribution in [0.5, 0.6) is 0 Å². The highest BCUT2D eigenvalue weighted by molar-refractivity contribution is 5.69. The van der Waals surface area contributed by atoms with Gasteiger partial charge in [-0.2, -0.15) is 0 Å². The van der Waals surface area contributed by atoms with Crippen molar-refractivity contribution in [1.29, 1.82) is 0 Å². The van der Waals surface area contributed by atoms with Gasteiger partial charge < -0.3 is 18.1 Å². The van der Waals surface area contributed by atoms with E-state index in [1.54, 1.807) is 30.7 Å². The molecule has 1 aromatic carbocycles. The van der Waals surface area contributed by atoms with Gasteiger partial charge in [-0.15, -0.1) is 0 Å². The van der Waals surface area contributed by atoms with Gasteiger partial charge in [0.1, 0.15) is 12.3 Å². The van der Waals surface area contributed by atoms with Crippen molar-refractivity contribution in [1.82, 2.24) is 10.1 Å². The van der Waals surface area contributed by atoms with Crippen molar-refractivity contribution in [3.63, 3.8) is 0 Å². The third-order valence-corrected chi connectivity index (χ3v) is 4.14. The predicted octanol–water partition coefficient (Wildman–Crippen LogP) is 4.57. The molecule has 0 aliphatic carbocycles. The highest BCUT2D eigenvalue weighted by atomic mass is 16.5. The lowest BCUT2D eigenvalue weighted by atomic mass is 10.1. The van der Waals surface area contributed by atoms with Crippen LogP contribution in [0.25, 0.3) is 22.8 Å². The number of esters is 1. The summed E-state index contributed by atoms with van der Waals surface area (Å²) in [6.07, 6.45) is 3.74. The Morgan fingerprint density at radius 3 is 2.75 bits per heavy atom. The van der Waals surface area contributed by atoms with Crippen molar-refractivity contribution in [3.05, 3.63) is 72.1 Å². The molecule has 0 saturated heterocycles. The summed E-state index contributed by atoms with van der Waals surface area (Å²) in [5.74, 6) is 1.86. The molecule has 0 bridgehead atoms. The smallest absolute Gasteiger partial charge is 0.306 e. The van der Waals surface area contributed by atoms with Crippen molar-refractivity contribution in [2.75, 3.05) is 0 Å². The zero-order chi connectivity index (χ0) is 19.3. The Bertz CT molecular complexity index is 1040. The molecule has 142 valence electrons. The van der Waals surface area contributed by atoms with Gasteiger partial charge in [-0.3, -0.25) is 4.79 Å². The van der Waals surface area contributed by atoms with Crippen molar-refractivity contribution < 1.29 is 22.9 Å². The molecule has 0 spiro atoms. The van der Waals surface area contributed by atoms with E-state index in [0.29, 0.717) is 35.3 Å². The Morgan fingerprint density at radius 1 is 1.11 bits per heavy atom. The predicted molar refractivity (Wildman–Crippen MR) is 99.0 cm³/mol. The highest BCUT2D eigenvalue weighted by Crippen LogP contribution is 2.22. The van der Waals surface area contributed by atoms with Crippen LogP contribution < -0.4 is 0 Å². The lowest BCUT2D eigenvalue weighted by Crippen LogP contribution is -2.06. The van der Waals surface area contributed by atoms with E-state index >= 15 is 0 Å². The van der Waals surface area contributed by atoms with E-state index in [2.05, 4.69) is 10.1 Å². The summed E-state index contributed by atoms with van der Waals surface area (Å²) in [4.78, 5) is 16.2. The Kier molecular flexibility index (Phi) is 5.05. The highest BCUT2D eigenvalue weighted by Gasteiger charge is 2.13. The molecule has 7 heteroatoms. The number of oxazole rings is 1. The topological polar surface area (TPSA) is 91.5 Å². The number of aryl methyl sites for hydroxylation is 2. The van der Waals surface area contributed by atoms with E-state index < -0.39 is 0 Å². The second-order valence-electron chi connectivity index (χ2n) is 6.30. The van der Waals surface area contributed by atoms with Gasteiger partial charge in [0.15, 0.2) is 17.4 Å². The number of benzene rings is 1. The van der Waals surface area contributed by atoms with Gasteiger partial charge >= 0.3 is 5.97 Å². The number of hydrogen-bond donors (Lipinski definition) is 0. The fourth-order valence-electron chi connectivity index (χ4n) is 2.63. The van der Waals surface area contributed by atoms with Crippen LogP contribution in [0.2, 0.25) is 0 Å². The van der Waals surface area contributed by atoms with E-state index in [-0.39, 0.29) is 19.0 Å². The molecule has 0 atom stereocenters. The van der Waals surface area contributed by atoms with Gasteiger partial charge in [-0.05, 0) is 19.1 Å². The first-order valence-electron chi connectivity index (χ1n) is 8.84. The Labute approximate surface area is 160 Å². The van der Waals surface area contributed by atoms with Crippen LogP contribution in [0.15, 0.2) is 68.3 Å². The van der Waals surface area contributed by atoms with Crippen LogP contribution in [0.4, 0.5) is 0 Å². The molecule has 0 fully saturated rings. The summed E-state index contributed by atoms with van der Waals surface area (Å²) < 4.78 is 21.3. The van der Waals surface area contributed by atoms with Gasteiger partial charge in [0.05, 0.1) is 18.9 Å². The Hall–Kier alpha value is -3.61. The molecule has 0 amide bonds. The molecular weight excluding hydrogens is 360 g/mol. The standard InChI is InChI=1S/C21H18N2O5/c1-14-4-6-15(7-5-14)19-12-22-20(27-19)8-9-21(24)26-13-16-11-18(28-23-16)17-3-2-10-25-17/h2-7,10-12H,8-9,13H2,1H3. The Morgan fingerprint density at radius 2 is 1.96 bits per heavy atom. The number of ether oxygens (including phenoxy) is 1. The van der Waals surface area contributed by atoms with E-state index in [0.717, 1.165) is 5.56 Å². The van der Waals surface area contributed by atoms with Crippen molar-refractivity contribution in [2.45, 2.75) is 26.4 Å². The third kappa shape index (κ3) is 4.20. The van der Waals surface area contributed by atoms with E-state index in [4.69, 9.17) is 18.1 Å². The summed E-state index contributed by atoms with van der Waals surface area (Å²) in [6.45, 7) is 2.06. The normalized spacial score (nSPS) is 10.9. The summed E-state index contributed by atoms with van der Waals surface area (Å²) in [5, 5.41) is 3.86. The van der Waals surface area contributed by atoms with Crippen LogP contribution >= 0.6 is 0 Å². The number of furan rings is 1. The fourth-order valence-corrected chi connectivity index (χ4v) is 2.63. The van der Waals surface area contributed by atoms with Gasteiger partial charge in [0.2, 0.25) is 5.76 Å². The first-order chi connectivity index (χ1) is 13.7. The summed E-state index contributed by atoms with van der Waals surface area (Å²) in [6, 6.07) is 13.2. The monoisotopic (exact) mass is 378 g/mol. The van der Waals surface area contributed by atoms with Crippen LogP contribution in [0.3, 0.4) is 0 Å². The maximum atomic E-state index is 12.0. The minimum Gasteiger partial charge on any atom is -0.461 e. The van der Waals surface area contributed by atoms with Crippen LogP contribution in [0.1, 0.15) is 23.6 Å². The average Bonchev–Trinajstić information content (AvgIpc) is 3.46. The van der Waals surface area contributed by atoms with E-state index in [1.165, 1.54) is 5.56 Å². The maximum Gasteiger partial charge on any atom is 0.306 e. The van der Waals surface area contributed by atoms with Gasteiger partial charge in [0, 0.05) is 18.1 Å². The second-order valence-corrected chi connectivity index (χ2v) is 6.30. The molecule has 28 heavy (non-hydrogen) atoms. The molecule has 4 rings (SSSR count). The van der Waals surface area contributed by atoms with Crippen molar-refractivity contribution in [2.24, 2.45) is 0 Å². The number of rotatable bonds is 7. The quantitative estimate of drug-likeness (QED) is 0.435. The largest absolute Gasteiger partial charge is 0.461 e. The molecule has 0 N–H and O–H groups in total. The molecule has 7 nitrogen and oxygen atoms in total. The van der Waals surface area contributed by atoms with Crippen molar-refractivity contribution in [3.8, 4) is 22.8 Å². The number of nitrogens with zero attached hydrogens (tertiary/aromatic N) is 2. The number of hydrogen-bond acceptors (Lipinski definition) is 7. The van der Waals surface area contributed by atoms with Gasteiger partial charge in [-0.1, -0.05) is 35.0 Å². The summed E-state index contributed by atoms with van der Waals surface area (Å²) in [7, 11) is 0. The lowest BCUT2D eigenvalue weighted by Gasteiger charge is -2.01. The molecule has 3 aromatic heterocycles. The molecule has 0 saturated carbocycles. The van der Waals surface area contributed by atoms with Crippen LogP contribution in [-0.2, 0) is 22.6 Å².